The van der Waals surface area contributed by atoms with Crippen molar-refractivity contribution < 1.29 is 31.2 Å². The van der Waals surface area contributed by atoms with Crippen molar-refractivity contribution in [3.63, 3.8) is 0 Å². The van der Waals surface area contributed by atoms with Gasteiger partial charge in [-0.2, -0.15) is 13.2 Å². The molecule has 1 fully saturated rings. The van der Waals surface area contributed by atoms with E-state index in [1.165, 1.54) is 35.2 Å². The fraction of sp³-hybridized carbons (Fsp3) is 0.448. The monoisotopic (exact) mass is 593 g/mol. The number of aromatic amines is 1. The number of oxazole rings is 1. The van der Waals surface area contributed by atoms with Crippen LogP contribution in [0.3, 0.4) is 0 Å². The number of hydrogen-bond acceptors (Lipinski definition) is 6. The van der Waals surface area contributed by atoms with Crippen LogP contribution in [0.2, 0.25) is 0 Å². The van der Waals surface area contributed by atoms with Crippen molar-refractivity contribution in [3.05, 3.63) is 75.3 Å². The average molecular weight is 594 g/mol. The van der Waals surface area contributed by atoms with Gasteiger partial charge < -0.3 is 14.2 Å². The standard InChI is InChI=1S/C29H32F5N5O3/c1-17-13-20-19(6-7-23-27(20)42-28(41)35-23)26(39(17)16-29(32,33)34)25-21(30)14-18(15-22(25)31)38-11-9-37(10-12-38)8-4-5-24(40)36(2)3/h4-7,14-15,17,26H,8-13,16H2,1-3H3,(H,35,41)/b5-4+/t17-,26+/m1/s1. The maximum Gasteiger partial charge on any atom is 0.417 e. The molecule has 1 N–H and O–H groups in total. The molecule has 1 aromatic heterocycles. The van der Waals surface area contributed by atoms with Crippen molar-refractivity contribution in [2.75, 3.05) is 58.3 Å². The number of nitrogens with zero attached hydrogens (tertiary/aromatic N) is 4. The van der Waals surface area contributed by atoms with Gasteiger partial charge in [-0.15, -0.1) is 0 Å². The summed E-state index contributed by atoms with van der Waals surface area (Å²) in [6, 6.07) is 3.16. The topological polar surface area (TPSA) is 76.0 Å². The highest BCUT2D eigenvalue weighted by atomic mass is 19.4. The van der Waals surface area contributed by atoms with E-state index in [1.807, 2.05) is 4.90 Å². The molecule has 3 heterocycles. The first-order chi connectivity index (χ1) is 19.8. The van der Waals surface area contributed by atoms with Gasteiger partial charge in [-0.1, -0.05) is 12.1 Å². The van der Waals surface area contributed by atoms with Crippen LogP contribution >= 0.6 is 0 Å². The number of piperazine rings is 1. The molecule has 42 heavy (non-hydrogen) atoms. The second kappa shape index (κ2) is 11.5. The van der Waals surface area contributed by atoms with E-state index < -0.39 is 47.8 Å². The molecular weight excluding hydrogens is 561 g/mol. The number of amides is 1. The van der Waals surface area contributed by atoms with Crippen molar-refractivity contribution >= 4 is 22.7 Å². The third-order valence-corrected chi connectivity index (χ3v) is 7.92. The molecule has 0 radical (unpaired) electrons. The van der Waals surface area contributed by atoms with Crippen molar-refractivity contribution in [3.8, 4) is 0 Å². The largest absolute Gasteiger partial charge is 0.417 e. The number of rotatable bonds is 6. The first kappa shape index (κ1) is 29.8. The summed E-state index contributed by atoms with van der Waals surface area (Å²) < 4.78 is 78.1. The van der Waals surface area contributed by atoms with Crippen LogP contribution in [0, 0.1) is 11.6 Å². The number of alkyl halides is 3. The Morgan fingerprint density at radius 1 is 1.12 bits per heavy atom. The first-order valence-electron chi connectivity index (χ1n) is 13.6. The van der Waals surface area contributed by atoms with Crippen LogP contribution < -0.4 is 10.7 Å². The first-order valence-corrected chi connectivity index (χ1v) is 13.6. The molecule has 1 amide bonds. The van der Waals surface area contributed by atoms with E-state index in [-0.39, 0.29) is 23.5 Å². The van der Waals surface area contributed by atoms with Crippen molar-refractivity contribution in [1.82, 2.24) is 19.7 Å². The summed E-state index contributed by atoms with van der Waals surface area (Å²) in [5, 5.41) is 0. The molecule has 1 saturated heterocycles. The van der Waals surface area contributed by atoms with Crippen LogP contribution in [-0.2, 0) is 11.2 Å². The summed E-state index contributed by atoms with van der Waals surface area (Å²) in [6.07, 6.45) is -1.24. The molecule has 0 bridgehead atoms. The number of fused-ring (bicyclic) bond motifs is 3. The summed E-state index contributed by atoms with van der Waals surface area (Å²) >= 11 is 0. The molecule has 13 heteroatoms. The molecule has 2 aliphatic rings. The zero-order valence-corrected chi connectivity index (χ0v) is 23.5. The number of likely N-dealkylation sites (N-methyl/N-ethyl adjacent to an activating group) is 1. The van der Waals surface area contributed by atoms with E-state index in [0.29, 0.717) is 49.5 Å². The van der Waals surface area contributed by atoms with Gasteiger partial charge in [-0.3, -0.25) is 19.6 Å². The number of hydrogen-bond donors (Lipinski definition) is 1. The minimum absolute atomic E-state index is 0.101. The lowest BCUT2D eigenvalue weighted by molar-refractivity contribution is -0.155. The molecule has 2 aromatic carbocycles. The lowest BCUT2D eigenvalue weighted by atomic mass is 9.84. The number of carbonyl (C=O) groups excluding carboxylic acids is 1. The van der Waals surface area contributed by atoms with Crippen molar-refractivity contribution in [2.24, 2.45) is 0 Å². The average Bonchev–Trinajstić information content (AvgIpc) is 3.30. The lowest BCUT2D eigenvalue weighted by Crippen LogP contribution is -2.48. The summed E-state index contributed by atoms with van der Waals surface area (Å²) in [6.45, 7) is 2.87. The maximum atomic E-state index is 15.9. The van der Waals surface area contributed by atoms with Crippen LogP contribution in [0.5, 0.6) is 0 Å². The molecule has 2 aliphatic heterocycles. The Kier molecular flexibility index (Phi) is 8.17. The molecular formula is C29H32F5N5O3. The maximum absolute atomic E-state index is 15.9. The zero-order chi connectivity index (χ0) is 30.3. The van der Waals surface area contributed by atoms with Gasteiger partial charge in [-0.05, 0) is 37.1 Å². The summed E-state index contributed by atoms with van der Waals surface area (Å²) in [4.78, 5) is 32.5. The van der Waals surface area contributed by atoms with Gasteiger partial charge in [0.15, 0.2) is 5.58 Å². The zero-order valence-electron chi connectivity index (χ0n) is 23.5. The van der Waals surface area contributed by atoms with E-state index in [9.17, 15) is 22.8 Å². The Morgan fingerprint density at radius 3 is 2.40 bits per heavy atom. The number of benzene rings is 2. The molecule has 8 nitrogen and oxygen atoms in total. The van der Waals surface area contributed by atoms with Gasteiger partial charge in [0.2, 0.25) is 5.91 Å². The molecule has 0 spiro atoms. The summed E-state index contributed by atoms with van der Waals surface area (Å²) in [7, 11) is 3.33. The number of halogens is 5. The van der Waals surface area contributed by atoms with Gasteiger partial charge >= 0.3 is 11.9 Å². The van der Waals surface area contributed by atoms with Gasteiger partial charge in [0, 0.05) is 75.8 Å². The number of nitrogens with one attached hydrogen (secondary N) is 1. The highest BCUT2D eigenvalue weighted by Crippen LogP contribution is 2.44. The Bertz CT molecular complexity index is 1530. The molecule has 0 saturated carbocycles. The third kappa shape index (κ3) is 6.07. The summed E-state index contributed by atoms with van der Waals surface area (Å²) in [5.74, 6) is -2.75. The van der Waals surface area contributed by atoms with E-state index in [1.54, 1.807) is 27.1 Å². The van der Waals surface area contributed by atoms with Crippen LogP contribution in [0.15, 0.2) is 45.6 Å². The highest BCUT2D eigenvalue weighted by Gasteiger charge is 2.43. The van der Waals surface area contributed by atoms with E-state index >= 15 is 8.78 Å². The molecule has 3 aromatic rings. The number of carbonyl (C=O) groups is 1. The molecule has 226 valence electrons. The fourth-order valence-electron chi connectivity index (χ4n) is 5.83. The minimum atomic E-state index is -4.61. The number of anilines is 1. The Balaban J connectivity index is 1.44. The van der Waals surface area contributed by atoms with Crippen molar-refractivity contribution in [1.29, 1.82) is 0 Å². The smallest absolute Gasteiger partial charge is 0.408 e. The Morgan fingerprint density at radius 2 is 1.79 bits per heavy atom. The van der Waals surface area contributed by atoms with Crippen LogP contribution in [0.4, 0.5) is 27.6 Å². The Hall–Kier alpha value is -3.71. The molecule has 5 rings (SSSR count). The molecule has 0 aliphatic carbocycles. The van der Waals surface area contributed by atoms with Crippen LogP contribution in [-0.4, -0.2) is 91.2 Å². The van der Waals surface area contributed by atoms with Gasteiger partial charge in [0.25, 0.3) is 0 Å². The predicted molar refractivity (Wildman–Crippen MR) is 147 cm³/mol. The Labute approximate surface area is 239 Å². The molecule has 2 atom stereocenters. The van der Waals surface area contributed by atoms with E-state index in [4.69, 9.17) is 4.42 Å². The minimum Gasteiger partial charge on any atom is -0.408 e. The quantitative estimate of drug-likeness (QED) is 0.343. The SMILES string of the molecule is C[C@@H]1Cc2c(ccc3[nH]c(=O)oc23)[C@@H](c2c(F)cc(N3CCN(C/C=C/C(=O)N(C)C)CC3)cc2F)N1CC(F)(F)F. The second-order valence-electron chi connectivity index (χ2n) is 11.0. The number of aromatic nitrogens is 1. The third-order valence-electron chi connectivity index (χ3n) is 7.92. The lowest BCUT2D eigenvalue weighted by Gasteiger charge is -2.42. The summed E-state index contributed by atoms with van der Waals surface area (Å²) in [5.41, 5.74) is 1.06. The number of H-pyrrole nitrogens is 1. The van der Waals surface area contributed by atoms with Crippen molar-refractivity contribution in [2.45, 2.75) is 31.6 Å². The van der Waals surface area contributed by atoms with Gasteiger partial charge in [0.05, 0.1) is 18.1 Å². The van der Waals surface area contributed by atoms with Gasteiger partial charge in [0.1, 0.15) is 11.6 Å². The van der Waals surface area contributed by atoms with Crippen LogP contribution in [0.25, 0.3) is 11.1 Å². The predicted octanol–water partition coefficient (Wildman–Crippen LogP) is 4.06. The normalized spacial score (nSPS) is 20.4. The van der Waals surface area contributed by atoms with E-state index in [0.717, 1.165) is 4.90 Å². The second-order valence-corrected chi connectivity index (χ2v) is 11.0. The fourth-order valence-corrected chi connectivity index (χ4v) is 5.83. The van der Waals surface area contributed by atoms with E-state index in [2.05, 4.69) is 9.88 Å². The highest BCUT2D eigenvalue weighted by molar-refractivity contribution is 5.87. The van der Waals surface area contributed by atoms with Gasteiger partial charge in [-0.25, -0.2) is 13.6 Å². The van der Waals surface area contributed by atoms with Crippen LogP contribution in [0.1, 0.15) is 29.7 Å². The molecule has 0 unspecified atom stereocenters.